The zero-order chi connectivity index (χ0) is 16.4. The van der Waals surface area contributed by atoms with E-state index in [0.29, 0.717) is 17.3 Å². The highest BCUT2D eigenvalue weighted by Gasteiger charge is 2.17. The standard InChI is InChI=1S/C16H19ClN4O2/c1-11-12(17)6-5-7-13(11)18-15(22)10-21-16(23)20-9-4-2-3-8-14(20)19-21/h5-7H,2-4,8-10H2,1H3,(H,18,22). The van der Waals surface area contributed by atoms with Gasteiger partial charge in [0, 0.05) is 23.7 Å². The number of halogens is 1. The second kappa shape index (κ2) is 6.58. The molecule has 23 heavy (non-hydrogen) atoms. The van der Waals surface area contributed by atoms with E-state index < -0.39 is 0 Å². The minimum absolute atomic E-state index is 0.0925. The van der Waals surface area contributed by atoms with Crippen LogP contribution in [0.15, 0.2) is 23.0 Å². The lowest BCUT2D eigenvalue weighted by Crippen LogP contribution is -2.30. The number of aromatic nitrogens is 3. The van der Waals surface area contributed by atoms with Gasteiger partial charge in [-0.15, -0.1) is 0 Å². The van der Waals surface area contributed by atoms with Gasteiger partial charge in [0.2, 0.25) is 5.91 Å². The van der Waals surface area contributed by atoms with E-state index in [1.54, 1.807) is 22.8 Å². The van der Waals surface area contributed by atoms with Crippen LogP contribution in [0, 0.1) is 6.92 Å². The predicted molar refractivity (Wildman–Crippen MR) is 88.9 cm³/mol. The van der Waals surface area contributed by atoms with Crippen molar-refractivity contribution in [3.05, 3.63) is 45.1 Å². The smallest absolute Gasteiger partial charge is 0.324 e. The van der Waals surface area contributed by atoms with Crippen molar-refractivity contribution >= 4 is 23.2 Å². The molecule has 1 aliphatic heterocycles. The molecule has 0 saturated carbocycles. The van der Waals surface area contributed by atoms with Crippen molar-refractivity contribution < 1.29 is 4.79 Å². The summed E-state index contributed by atoms with van der Waals surface area (Å²) in [7, 11) is 0. The molecule has 0 saturated heterocycles. The molecular formula is C16H19ClN4O2. The van der Waals surface area contributed by atoms with Gasteiger partial charge in [0.05, 0.1) is 0 Å². The summed E-state index contributed by atoms with van der Waals surface area (Å²) in [6.07, 6.45) is 3.91. The summed E-state index contributed by atoms with van der Waals surface area (Å²) in [5.41, 5.74) is 1.24. The Morgan fingerprint density at radius 1 is 1.35 bits per heavy atom. The molecule has 0 bridgehead atoms. The number of nitrogens with zero attached hydrogens (tertiary/aromatic N) is 3. The predicted octanol–water partition coefficient (Wildman–Crippen LogP) is 2.37. The van der Waals surface area contributed by atoms with Crippen LogP contribution in [-0.2, 0) is 24.3 Å². The summed E-state index contributed by atoms with van der Waals surface area (Å²) in [4.78, 5) is 24.6. The molecule has 3 rings (SSSR count). The molecule has 0 fully saturated rings. The van der Waals surface area contributed by atoms with Crippen LogP contribution in [0.1, 0.15) is 30.7 Å². The number of amides is 1. The zero-order valence-corrected chi connectivity index (χ0v) is 13.8. The third kappa shape index (κ3) is 3.32. The van der Waals surface area contributed by atoms with E-state index in [1.807, 2.05) is 6.92 Å². The number of aryl methyl sites for hydroxylation is 1. The van der Waals surface area contributed by atoms with E-state index >= 15 is 0 Å². The van der Waals surface area contributed by atoms with Crippen molar-refractivity contribution in [3.8, 4) is 0 Å². The Morgan fingerprint density at radius 2 is 2.17 bits per heavy atom. The van der Waals surface area contributed by atoms with Crippen LogP contribution < -0.4 is 11.0 Å². The first kappa shape index (κ1) is 15.8. The van der Waals surface area contributed by atoms with Crippen LogP contribution in [0.25, 0.3) is 0 Å². The van der Waals surface area contributed by atoms with Gasteiger partial charge in [0.25, 0.3) is 0 Å². The van der Waals surface area contributed by atoms with Gasteiger partial charge in [0.1, 0.15) is 12.4 Å². The fourth-order valence-corrected chi connectivity index (χ4v) is 2.97. The quantitative estimate of drug-likeness (QED) is 0.937. The van der Waals surface area contributed by atoms with Crippen molar-refractivity contribution in [2.45, 2.75) is 45.7 Å². The van der Waals surface area contributed by atoms with Gasteiger partial charge < -0.3 is 5.32 Å². The number of hydrogen-bond donors (Lipinski definition) is 1. The van der Waals surface area contributed by atoms with E-state index in [0.717, 1.165) is 37.1 Å². The first-order valence-electron chi connectivity index (χ1n) is 7.78. The molecule has 0 spiro atoms. The number of carbonyl (C=O) groups is 1. The van der Waals surface area contributed by atoms with Crippen LogP contribution in [0.4, 0.5) is 5.69 Å². The molecule has 0 radical (unpaired) electrons. The maximum atomic E-state index is 12.3. The summed E-state index contributed by atoms with van der Waals surface area (Å²) < 4.78 is 2.93. The third-order valence-electron chi connectivity index (χ3n) is 4.12. The van der Waals surface area contributed by atoms with Crippen LogP contribution in [0.2, 0.25) is 5.02 Å². The Hall–Kier alpha value is -2.08. The fraction of sp³-hybridized carbons (Fsp3) is 0.438. The summed E-state index contributed by atoms with van der Waals surface area (Å²) in [5, 5.41) is 7.69. The lowest BCUT2D eigenvalue weighted by atomic mass is 10.2. The van der Waals surface area contributed by atoms with Gasteiger partial charge in [-0.2, -0.15) is 5.10 Å². The number of anilines is 1. The van der Waals surface area contributed by atoms with Gasteiger partial charge in [-0.3, -0.25) is 9.36 Å². The topological polar surface area (TPSA) is 68.9 Å². The largest absolute Gasteiger partial charge is 0.346 e. The summed E-state index contributed by atoms with van der Waals surface area (Å²) >= 11 is 6.04. The van der Waals surface area contributed by atoms with E-state index in [2.05, 4.69) is 10.4 Å². The highest BCUT2D eigenvalue weighted by molar-refractivity contribution is 6.31. The minimum atomic E-state index is -0.286. The molecule has 1 aliphatic rings. The fourth-order valence-electron chi connectivity index (χ4n) is 2.80. The molecule has 122 valence electrons. The van der Waals surface area contributed by atoms with Crippen molar-refractivity contribution in [2.24, 2.45) is 0 Å². The van der Waals surface area contributed by atoms with E-state index in [9.17, 15) is 9.59 Å². The molecule has 7 heteroatoms. The molecule has 0 unspecified atom stereocenters. The Morgan fingerprint density at radius 3 is 3.00 bits per heavy atom. The molecule has 1 aromatic carbocycles. The lowest BCUT2D eigenvalue weighted by molar-refractivity contribution is -0.117. The van der Waals surface area contributed by atoms with Crippen molar-refractivity contribution in [2.75, 3.05) is 5.32 Å². The van der Waals surface area contributed by atoms with Crippen molar-refractivity contribution in [3.63, 3.8) is 0 Å². The van der Waals surface area contributed by atoms with Crippen LogP contribution in [0.5, 0.6) is 0 Å². The van der Waals surface area contributed by atoms with Crippen LogP contribution in [-0.4, -0.2) is 20.3 Å². The molecule has 0 atom stereocenters. The maximum Gasteiger partial charge on any atom is 0.346 e. The van der Waals surface area contributed by atoms with E-state index in [1.165, 1.54) is 4.68 Å². The first-order valence-corrected chi connectivity index (χ1v) is 8.15. The van der Waals surface area contributed by atoms with Gasteiger partial charge in [0.15, 0.2) is 0 Å². The SMILES string of the molecule is Cc1c(Cl)cccc1NC(=O)Cn1nc2n(c1=O)CCCCC2. The lowest BCUT2D eigenvalue weighted by Gasteiger charge is -2.09. The Bertz CT molecular complexity index is 794. The number of carbonyl (C=O) groups excluding carboxylic acids is 1. The average molecular weight is 335 g/mol. The molecular weight excluding hydrogens is 316 g/mol. The molecule has 2 heterocycles. The molecule has 2 aromatic rings. The number of rotatable bonds is 3. The highest BCUT2D eigenvalue weighted by atomic mass is 35.5. The average Bonchev–Trinajstić information content (AvgIpc) is 2.69. The third-order valence-corrected chi connectivity index (χ3v) is 4.53. The van der Waals surface area contributed by atoms with Gasteiger partial charge in [-0.25, -0.2) is 9.48 Å². The molecule has 1 N–H and O–H groups in total. The Kier molecular flexibility index (Phi) is 4.52. The molecule has 0 aliphatic carbocycles. The van der Waals surface area contributed by atoms with Crippen molar-refractivity contribution in [1.82, 2.24) is 14.3 Å². The number of nitrogens with one attached hydrogen (secondary N) is 1. The number of benzene rings is 1. The second-order valence-electron chi connectivity index (χ2n) is 5.78. The summed E-state index contributed by atoms with van der Waals surface area (Å²) in [5.74, 6) is 0.491. The Balaban J connectivity index is 1.76. The first-order chi connectivity index (χ1) is 11.1. The maximum absolute atomic E-state index is 12.3. The monoisotopic (exact) mass is 334 g/mol. The van der Waals surface area contributed by atoms with E-state index in [4.69, 9.17) is 11.6 Å². The van der Waals surface area contributed by atoms with Crippen LogP contribution >= 0.6 is 11.6 Å². The minimum Gasteiger partial charge on any atom is -0.324 e. The molecule has 1 aromatic heterocycles. The number of fused-ring (bicyclic) bond motifs is 1. The zero-order valence-electron chi connectivity index (χ0n) is 13.0. The van der Waals surface area contributed by atoms with Crippen molar-refractivity contribution in [1.29, 1.82) is 0 Å². The van der Waals surface area contributed by atoms with Gasteiger partial charge in [-0.1, -0.05) is 24.1 Å². The highest BCUT2D eigenvalue weighted by Crippen LogP contribution is 2.22. The Labute approximate surface area is 139 Å². The molecule has 1 amide bonds. The number of hydrogen-bond acceptors (Lipinski definition) is 3. The summed E-state index contributed by atoms with van der Waals surface area (Å²) in [6, 6.07) is 5.32. The van der Waals surface area contributed by atoms with E-state index in [-0.39, 0.29) is 18.1 Å². The normalized spacial score (nSPS) is 14.2. The van der Waals surface area contributed by atoms with Gasteiger partial charge in [-0.05, 0) is 37.5 Å². The van der Waals surface area contributed by atoms with Crippen LogP contribution in [0.3, 0.4) is 0 Å². The molecule has 6 nitrogen and oxygen atoms in total. The van der Waals surface area contributed by atoms with Gasteiger partial charge >= 0.3 is 5.69 Å². The summed E-state index contributed by atoms with van der Waals surface area (Å²) in [6.45, 7) is 2.43. The second-order valence-corrected chi connectivity index (χ2v) is 6.19.